The number of rotatable bonds is 2. The summed E-state index contributed by atoms with van der Waals surface area (Å²) in [6.45, 7) is 0. The van der Waals surface area contributed by atoms with Crippen LogP contribution in [-0.2, 0) is 6.42 Å². The highest BCUT2D eigenvalue weighted by Crippen LogP contribution is 2.43. The molecule has 4 heteroatoms. The Morgan fingerprint density at radius 2 is 2.37 bits per heavy atom. The molecule has 1 aromatic heterocycles. The van der Waals surface area contributed by atoms with Crippen molar-refractivity contribution in [1.29, 1.82) is 5.26 Å². The lowest BCUT2D eigenvalue weighted by atomic mass is 9.83. The van der Waals surface area contributed by atoms with E-state index in [1.54, 1.807) is 7.11 Å². The Hall–Kier alpha value is -1.66. The van der Waals surface area contributed by atoms with Crippen molar-refractivity contribution >= 4 is 22.5 Å². The van der Waals surface area contributed by atoms with E-state index in [-0.39, 0.29) is 5.92 Å². The fourth-order valence-corrected chi connectivity index (χ4v) is 3.38. The van der Waals surface area contributed by atoms with Crippen LogP contribution < -0.4 is 4.74 Å². The second kappa shape index (κ2) is 4.79. The van der Waals surface area contributed by atoms with E-state index >= 15 is 0 Å². The highest BCUT2D eigenvalue weighted by Gasteiger charge is 2.26. The largest absolute Gasteiger partial charge is 0.495 e. The molecule has 0 fully saturated rings. The number of nitriles is 1. The van der Waals surface area contributed by atoms with Crippen molar-refractivity contribution in [1.82, 2.24) is 4.98 Å². The Kier molecular flexibility index (Phi) is 3.12. The van der Waals surface area contributed by atoms with Gasteiger partial charge in [0.15, 0.2) is 0 Å². The number of benzene rings is 1. The third kappa shape index (κ3) is 1.87. The Bertz CT molecular complexity index is 669. The van der Waals surface area contributed by atoms with Crippen LogP contribution >= 0.6 is 11.6 Å². The molecule has 0 aliphatic heterocycles. The molecular formula is C15H15ClN2O. The molecule has 0 saturated carbocycles. The lowest BCUT2D eigenvalue weighted by Crippen LogP contribution is -2.08. The molecule has 0 amide bonds. The third-order valence-corrected chi connectivity index (χ3v) is 4.25. The fraction of sp³-hybridized carbons (Fsp3) is 0.400. The molecule has 3 nitrogen and oxygen atoms in total. The molecule has 1 aliphatic carbocycles. The molecular weight excluding hydrogens is 260 g/mol. The van der Waals surface area contributed by atoms with Crippen LogP contribution in [0.4, 0.5) is 0 Å². The maximum atomic E-state index is 9.01. The van der Waals surface area contributed by atoms with Crippen molar-refractivity contribution in [3.63, 3.8) is 0 Å². The summed E-state index contributed by atoms with van der Waals surface area (Å²) in [5.74, 6) is 1.09. The standard InChI is InChI=1S/C15H15ClN2O/c1-19-12-6-5-10(16)14-13-9(7-8-17)3-2-4-11(13)18-15(12)14/h5-6,9,18H,2-4,7H2,1H3. The summed E-state index contributed by atoms with van der Waals surface area (Å²) in [5.41, 5.74) is 3.41. The molecule has 1 aliphatic rings. The molecule has 1 aromatic carbocycles. The van der Waals surface area contributed by atoms with Crippen LogP contribution in [0.1, 0.15) is 36.4 Å². The molecule has 1 unspecified atom stereocenters. The average Bonchev–Trinajstić information content (AvgIpc) is 2.81. The number of ether oxygens (including phenoxy) is 1. The first-order valence-corrected chi connectivity index (χ1v) is 6.88. The van der Waals surface area contributed by atoms with Gasteiger partial charge in [0.25, 0.3) is 0 Å². The smallest absolute Gasteiger partial charge is 0.143 e. The molecule has 2 aromatic rings. The van der Waals surface area contributed by atoms with Crippen molar-refractivity contribution in [2.24, 2.45) is 0 Å². The number of fused-ring (bicyclic) bond motifs is 3. The Balaban J connectivity index is 2.29. The van der Waals surface area contributed by atoms with Gasteiger partial charge >= 0.3 is 0 Å². The lowest BCUT2D eigenvalue weighted by Gasteiger charge is -2.20. The van der Waals surface area contributed by atoms with Crippen molar-refractivity contribution in [3.05, 3.63) is 28.4 Å². The number of aromatic nitrogens is 1. The van der Waals surface area contributed by atoms with Gasteiger partial charge < -0.3 is 9.72 Å². The second-order valence-electron chi connectivity index (χ2n) is 4.97. The van der Waals surface area contributed by atoms with Gasteiger partial charge in [-0.1, -0.05) is 11.6 Å². The van der Waals surface area contributed by atoms with Crippen LogP contribution in [0, 0.1) is 11.3 Å². The maximum Gasteiger partial charge on any atom is 0.143 e. The van der Waals surface area contributed by atoms with Crippen LogP contribution in [0.25, 0.3) is 10.9 Å². The number of aromatic amines is 1. The van der Waals surface area contributed by atoms with Gasteiger partial charge in [-0.15, -0.1) is 0 Å². The first-order valence-electron chi connectivity index (χ1n) is 6.50. The molecule has 0 bridgehead atoms. The van der Waals surface area contributed by atoms with Gasteiger partial charge in [0.1, 0.15) is 5.75 Å². The summed E-state index contributed by atoms with van der Waals surface area (Å²) in [6.07, 6.45) is 3.74. The minimum Gasteiger partial charge on any atom is -0.495 e. The van der Waals surface area contributed by atoms with Crippen LogP contribution in [0.15, 0.2) is 12.1 Å². The van der Waals surface area contributed by atoms with Gasteiger partial charge in [0.2, 0.25) is 0 Å². The number of methoxy groups -OCH3 is 1. The summed E-state index contributed by atoms with van der Waals surface area (Å²) in [5, 5.41) is 10.8. The average molecular weight is 275 g/mol. The molecule has 1 heterocycles. The zero-order chi connectivity index (χ0) is 13.4. The summed E-state index contributed by atoms with van der Waals surface area (Å²) < 4.78 is 5.40. The van der Waals surface area contributed by atoms with E-state index in [1.807, 2.05) is 12.1 Å². The quantitative estimate of drug-likeness (QED) is 0.894. The molecule has 1 atom stereocenters. The van der Waals surface area contributed by atoms with E-state index in [0.29, 0.717) is 6.42 Å². The number of aryl methyl sites for hydroxylation is 1. The molecule has 98 valence electrons. The van der Waals surface area contributed by atoms with Crippen molar-refractivity contribution in [2.45, 2.75) is 31.6 Å². The zero-order valence-electron chi connectivity index (χ0n) is 10.8. The minimum atomic E-state index is 0.284. The summed E-state index contributed by atoms with van der Waals surface area (Å²) in [7, 11) is 1.66. The van der Waals surface area contributed by atoms with Gasteiger partial charge in [0.05, 0.1) is 23.7 Å². The van der Waals surface area contributed by atoms with E-state index in [9.17, 15) is 0 Å². The maximum absolute atomic E-state index is 9.01. The first kappa shape index (κ1) is 12.4. The normalized spacial score (nSPS) is 18.1. The minimum absolute atomic E-state index is 0.284. The van der Waals surface area contributed by atoms with E-state index in [2.05, 4.69) is 11.1 Å². The highest BCUT2D eigenvalue weighted by molar-refractivity contribution is 6.36. The van der Waals surface area contributed by atoms with Crippen LogP contribution in [-0.4, -0.2) is 12.1 Å². The number of halogens is 1. The number of H-pyrrole nitrogens is 1. The molecule has 0 radical (unpaired) electrons. The lowest BCUT2D eigenvalue weighted by molar-refractivity contribution is 0.419. The first-order chi connectivity index (χ1) is 9.26. The van der Waals surface area contributed by atoms with Crippen LogP contribution in [0.3, 0.4) is 0 Å². The predicted molar refractivity (Wildman–Crippen MR) is 75.8 cm³/mol. The highest BCUT2D eigenvalue weighted by atomic mass is 35.5. The number of nitrogens with zero attached hydrogens (tertiary/aromatic N) is 1. The Morgan fingerprint density at radius 3 is 3.11 bits per heavy atom. The van der Waals surface area contributed by atoms with Crippen LogP contribution in [0.5, 0.6) is 5.75 Å². The fourth-order valence-electron chi connectivity index (χ4n) is 3.12. The molecule has 19 heavy (non-hydrogen) atoms. The topological polar surface area (TPSA) is 48.8 Å². The van der Waals surface area contributed by atoms with E-state index in [4.69, 9.17) is 21.6 Å². The third-order valence-electron chi connectivity index (χ3n) is 3.93. The van der Waals surface area contributed by atoms with Crippen molar-refractivity contribution < 1.29 is 4.74 Å². The summed E-state index contributed by atoms with van der Waals surface area (Å²) in [6, 6.07) is 6.04. The SMILES string of the molecule is COc1ccc(Cl)c2c3c([nH]c12)CCCC3CC#N. The number of nitrogens with one attached hydrogen (secondary N) is 1. The number of hydrogen-bond donors (Lipinski definition) is 1. The predicted octanol–water partition coefficient (Wildman–Crippen LogP) is 4.16. The Labute approximate surface area is 117 Å². The second-order valence-corrected chi connectivity index (χ2v) is 5.38. The van der Waals surface area contributed by atoms with Gasteiger partial charge in [0, 0.05) is 17.5 Å². The molecule has 3 rings (SSSR count). The van der Waals surface area contributed by atoms with E-state index < -0.39 is 0 Å². The monoisotopic (exact) mass is 274 g/mol. The van der Waals surface area contributed by atoms with Crippen molar-refractivity contribution in [2.75, 3.05) is 7.11 Å². The van der Waals surface area contributed by atoms with E-state index in [1.165, 1.54) is 11.3 Å². The zero-order valence-corrected chi connectivity index (χ0v) is 11.5. The molecule has 1 N–H and O–H groups in total. The van der Waals surface area contributed by atoms with Crippen LogP contribution in [0.2, 0.25) is 5.02 Å². The molecule has 0 saturated heterocycles. The van der Waals surface area contributed by atoms with Gasteiger partial charge in [-0.2, -0.15) is 5.26 Å². The van der Waals surface area contributed by atoms with Gasteiger partial charge in [-0.25, -0.2) is 0 Å². The summed E-state index contributed by atoms with van der Waals surface area (Å²) in [4.78, 5) is 3.45. The molecule has 0 spiro atoms. The van der Waals surface area contributed by atoms with Crippen molar-refractivity contribution in [3.8, 4) is 11.8 Å². The number of hydrogen-bond acceptors (Lipinski definition) is 2. The van der Waals surface area contributed by atoms with E-state index in [0.717, 1.165) is 40.9 Å². The summed E-state index contributed by atoms with van der Waals surface area (Å²) >= 11 is 6.37. The van der Waals surface area contributed by atoms with Gasteiger partial charge in [-0.05, 0) is 42.9 Å². The van der Waals surface area contributed by atoms with Gasteiger partial charge in [-0.3, -0.25) is 0 Å². The Morgan fingerprint density at radius 1 is 1.53 bits per heavy atom.